The summed E-state index contributed by atoms with van der Waals surface area (Å²) >= 11 is 2.19. The minimum Gasteiger partial charge on any atom is -0.398 e. The van der Waals surface area contributed by atoms with Crippen molar-refractivity contribution in [2.45, 2.75) is 0 Å². The van der Waals surface area contributed by atoms with Crippen LogP contribution in [-0.2, 0) is 0 Å². The highest BCUT2D eigenvalue weighted by atomic mass is 127. The Kier molecular flexibility index (Phi) is 3.79. The molecule has 21 heavy (non-hydrogen) atoms. The summed E-state index contributed by atoms with van der Waals surface area (Å²) in [6, 6.07) is 19.1. The first kappa shape index (κ1) is 13.9. The highest BCUT2D eigenvalue weighted by molar-refractivity contribution is 14.1. The van der Waals surface area contributed by atoms with Gasteiger partial charge in [-0.05, 0) is 57.6 Å². The van der Waals surface area contributed by atoms with Gasteiger partial charge in [-0.15, -0.1) is 0 Å². The van der Waals surface area contributed by atoms with Crippen molar-refractivity contribution in [3.63, 3.8) is 0 Å². The van der Waals surface area contributed by atoms with Crippen molar-refractivity contribution in [3.8, 4) is 0 Å². The van der Waals surface area contributed by atoms with Gasteiger partial charge in [-0.25, -0.2) is 0 Å². The minimum atomic E-state index is -0.192. The molecule has 1 amide bonds. The molecule has 3 rings (SSSR count). The highest BCUT2D eigenvalue weighted by Crippen LogP contribution is 2.24. The van der Waals surface area contributed by atoms with E-state index in [0.29, 0.717) is 11.3 Å². The molecular weight excluding hydrogens is 375 g/mol. The molecule has 3 N–H and O–H groups in total. The van der Waals surface area contributed by atoms with Crippen molar-refractivity contribution in [2.75, 3.05) is 11.1 Å². The fraction of sp³-hybridized carbons (Fsp3) is 0. The Labute approximate surface area is 136 Å². The van der Waals surface area contributed by atoms with Gasteiger partial charge in [0.1, 0.15) is 0 Å². The summed E-state index contributed by atoms with van der Waals surface area (Å²) in [6.45, 7) is 0. The number of amides is 1. The van der Waals surface area contributed by atoms with E-state index in [2.05, 4.69) is 27.9 Å². The van der Waals surface area contributed by atoms with Gasteiger partial charge in [-0.2, -0.15) is 0 Å². The molecule has 3 aromatic rings. The number of carbonyl (C=O) groups excluding carboxylic acids is 1. The topological polar surface area (TPSA) is 55.1 Å². The lowest BCUT2D eigenvalue weighted by Crippen LogP contribution is -2.14. The van der Waals surface area contributed by atoms with Crippen LogP contribution in [0, 0.1) is 3.57 Å². The van der Waals surface area contributed by atoms with Gasteiger partial charge >= 0.3 is 0 Å². The zero-order valence-corrected chi connectivity index (χ0v) is 13.3. The summed E-state index contributed by atoms with van der Waals surface area (Å²) < 4.78 is 0.989. The van der Waals surface area contributed by atoms with Crippen LogP contribution in [0.25, 0.3) is 10.8 Å². The first-order valence-corrected chi connectivity index (χ1v) is 7.57. The van der Waals surface area contributed by atoms with E-state index in [4.69, 9.17) is 5.73 Å². The van der Waals surface area contributed by atoms with Gasteiger partial charge in [-0.1, -0.05) is 36.4 Å². The van der Waals surface area contributed by atoms with Crippen molar-refractivity contribution < 1.29 is 4.79 Å². The fourth-order valence-electron chi connectivity index (χ4n) is 2.21. The molecule has 0 bridgehead atoms. The Morgan fingerprint density at radius 3 is 2.29 bits per heavy atom. The van der Waals surface area contributed by atoms with Crippen LogP contribution >= 0.6 is 22.6 Å². The third-order valence-electron chi connectivity index (χ3n) is 3.28. The average Bonchev–Trinajstić information content (AvgIpc) is 2.49. The fourth-order valence-corrected chi connectivity index (χ4v) is 2.73. The molecule has 0 aromatic heterocycles. The lowest BCUT2D eigenvalue weighted by atomic mass is 10.0. The Hall–Kier alpha value is -2.08. The molecule has 0 aliphatic carbocycles. The summed E-state index contributed by atoms with van der Waals surface area (Å²) in [5.74, 6) is -0.192. The van der Waals surface area contributed by atoms with Gasteiger partial charge in [0, 0.05) is 9.26 Å². The lowest BCUT2D eigenvalue weighted by Gasteiger charge is -2.10. The summed E-state index contributed by atoms with van der Waals surface area (Å²) in [5, 5.41) is 4.93. The SMILES string of the molecule is Nc1cc2ccccc2cc1C(=O)Nc1ccccc1I. The monoisotopic (exact) mass is 388 g/mol. The van der Waals surface area contributed by atoms with Crippen molar-refractivity contribution >= 4 is 50.6 Å². The molecule has 0 saturated carbocycles. The van der Waals surface area contributed by atoms with Crippen molar-refractivity contribution in [1.82, 2.24) is 0 Å². The molecule has 0 saturated heterocycles. The molecule has 0 heterocycles. The van der Waals surface area contributed by atoms with Crippen LogP contribution in [0.3, 0.4) is 0 Å². The van der Waals surface area contributed by atoms with E-state index in [9.17, 15) is 4.79 Å². The standard InChI is InChI=1S/C17H13IN2O/c18-14-7-3-4-8-16(14)20-17(21)13-9-11-5-1-2-6-12(11)10-15(13)19/h1-10H,19H2,(H,20,21). The maximum Gasteiger partial charge on any atom is 0.257 e. The van der Waals surface area contributed by atoms with Crippen LogP contribution < -0.4 is 11.1 Å². The molecular formula is C17H13IN2O. The molecule has 3 nitrogen and oxygen atoms in total. The van der Waals surface area contributed by atoms with Crippen LogP contribution in [0.1, 0.15) is 10.4 Å². The van der Waals surface area contributed by atoms with E-state index in [1.807, 2.05) is 60.7 Å². The first-order valence-electron chi connectivity index (χ1n) is 6.49. The second-order valence-corrected chi connectivity index (χ2v) is 5.88. The number of nitrogen functional groups attached to an aromatic ring is 1. The van der Waals surface area contributed by atoms with Crippen LogP contribution in [0.5, 0.6) is 0 Å². The van der Waals surface area contributed by atoms with Crippen LogP contribution in [0.15, 0.2) is 60.7 Å². The Morgan fingerprint density at radius 2 is 1.57 bits per heavy atom. The number of hydrogen-bond acceptors (Lipinski definition) is 2. The van der Waals surface area contributed by atoms with Crippen LogP contribution in [0.2, 0.25) is 0 Å². The van der Waals surface area contributed by atoms with E-state index < -0.39 is 0 Å². The highest BCUT2D eigenvalue weighted by Gasteiger charge is 2.12. The molecule has 0 aliphatic rings. The van der Waals surface area contributed by atoms with E-state index in [-0.39, 0.29) is 5.91 Å². The van der Waals surface area contributed by atoms with Gasteiger partial charge in [0.25, 0.3) is 5.91 Å². The quantitative estimate of drug-likeness (QED) is 0.509. The lowest BCUT2D eigenvalue weighted by molar-refractivity contribution is 0.102. The van der Waals surface area contributed by atoms with E-state index >= 15 is 0 Å². The summed E-state index contributed by atoms with van der Waals surface area (Å²) in [4.78, 5) is 12.4. The minimum absolute atomic E-state index is 0.192. The van der Waals surface area contributed by atoms with E-state index in [1.165, 1.54) is 0 Å². The number of rotatable bonds is 2. The number of hydrogen-bond donors (Lipinski definition) is 2. The zero-order chi connectivity index (χ0) is 14.8. The Balaban J connectivity index is 1.98. The maximum absolute atomic E-state index is 12.4. The molecule has 3 aromatic carbocycles. The molecule has 0 atom stereocenters. The average molecular weight is 388 g/mol. The molecule has 4 heteroatoms. The van der Waals surface area contributed by atoms with Crippen molar-refractivity contribution in [1.29, 1.82) is 0 Å². The first-order chi connectivity index (χ1) is 10.1. The molecule has 0 radical (unpaired) electrons. The molecule has 0 aliphatic heterocycles. The van der Waals surface area contributed by atoms with Crippen molar-refractivity contribution in [3.05, 3.63) is 69.8 Å². The third kappa shape index (κ3) is 2.85. The zero-order valence-electron chi connectivity index (χ0n) is 11.1. The predicted octanol–water partition coefficient (Wildman–Crippen LogP) is 4.28. The largest absolute Gasteiger partial charge is 0.398 e. The van der Waals surface area contributed by atoms with E-state index in [1.54, 1.807) is 0 Å². The maximum atomic E-state index is 12.4. The number of nitrogens with two attached hydrogens (primary N) is 1. The number of nitrogens with one attached hydrogen (secondary N) is 1. The Bertz CT molecular complexity index is 830. The smallest absolute Gasteiger partial charge is 0.257 e. The van der Waals surface area contributed by atoms with Gasteiger partial charge in [-0.3, -0.25) is 4.79 Å². The second-order valence-electron chi connectivity index (χ2n) is 4.72. The summed E-state index contributed by atoms with van der Waals surface area (Å²) in [5.41, 5.74) is 7.78. The molecule has 0 fully saturated rings. The number of fused-ring (bicyclic) bond motifs is 1. The summed E-state index contributed by atoms with van der Waals surface area (Å²) in [7, 11) is 0. The second kappa shape index (κ2) is 5.73. The molecule has 0 unspecified atom stereocenters. The summed E-state index contributed by atoms with van der Waals surface area (Å²) in [6.07, 6.45) is 0. The van der Waals surface area contributed by atoms with Gasteiger partial charge < -0.3 is 11.1 Å². The van der Waals surface area contributed by atoms with Gasteiger partial charge in [0.15, 0.2) is 0 Å². The molecule has 104 valence electrons. The number of carbonyl (C=O) groups is 1. The van der Waals surface area contributed by atoms with Crippen LogP contribution in [0.4, 0.5) is 11.4 Å². The normalized spacial score (nSPS) is 10.5. The van der Waals surface area contributed by atoms with Crippen molar-refractivity contribution in [2.24, 2.45) is 0 Å². The third-order valence-corrected chi connectivity index (χ3v) is 4.23. The molecule has 0 spiro atoms. The number of halogens is 1. The van der Waals surface area contributed by atoms with Crippen LogP contribution in [-0.4, -0.2) is 5.91 Å². The predicted molar refractivity (Wildman–Crippen MR) is 95.5 cm³/mol. The number of benzene rings is 3. The van der Waals surface area contributed by atoms with Gasteiger partial charge in [0.2, 0.25) is 0 Å². The number of para-hydroxylation sites is 1. The van der Waals surface area contributed by atoms with Gasteiger partial charge in [0.05, 0.1) is 11.3 Å². The van der Waals surface area contributed by atoms with E-state index in [0.717, 1.165) is 20.0 Å². The Morgan fingerprint density at radius 1 is 0.952 bits per heavy atom. The number of anilines is 2.